The minimum Gasteiger partial charge on any atom is -0.462 e. The molecule has 1 atom stereocenters. The molecule has 0 heterocycles. The van der Waals surface area contributed by atoms with E-state index in [1.54, 1.807) is 0 Å². The van der Waals surface area contributed by atoms with Gasteiger partial charge in [-0.25, -0.2) is 0 Å². The molecule has 0 aromatic carbocycles. The van der Waals surface area contributed by atoms with E-state index in [4.69, 9.17) is 14.2 Å². The van der Waals surface area contributed by atoms with Gasteiger partial charge >= 0.3 is 17.9 Å². The first-order valence-electron chi connectivity index (χ1n) is 28.5. The fraction of sp³-hybridized carbons (Fsp3) is 0.667. The molecular weight excluding hydrogens is 853 g/mol. The van der Waals surface area contributed by atoms with Gasteiger partial charge in [0.25, 0.3) is 0 Å². The van der Waals surface area contributed by atoms with Crippen molar-refractivity contribution in [2.24, 2.45) is 0 Å². The third-order valence-corrected chi connectivity index (χ3v) is 11.9. The SMILES string of the molecule is CC\C=C/C=C\C=C/C=C\C=C\C=C/C=C\CCCCCC(=O)OCC(COC(=O)CCCCC/C=C\CCCCCCCCC)OC(=O)CCCCCCC/C=C\CCCCCCCCCCC. The molecule has 0 fully saturated rings. The summed E-state index contributed by atoms with van der Waals surface area (Å²) < 4.78 is 16.8. The fourth-order valence-corrected chi connectivity index (χ4v) is 7.65. The van der Waals surface area contributed by atoms with Gasteiger partial charge in [-0.3, -0.25) is 14.4 Å². The number of hydrogen-bond acceptors (Lipinski definition) is 6. The van der Waals surface area contributed by atoms with Crippen LogP contribution in [0.4, 0.5) is 0 Å². The average molecular weight is 958 g/mol. The number of allylic oxidation sites excluding steroid dienone is 18. The second kappa shape index (κ2) is 56.7. The van der Waals surface area contributed by atoms with E-state index in [0.29, 0.717) is 19.3 Å². The molecule has 0 saturated heterocycles. The molecule has 69 heavy (non-hydrogen) atoms. The summed E-state index contributed by atoms with van der Waals surface area (Å²) in [5.74, 6) is -0.973. The van der Waals surface area contributed by atoms with Crippen molar-refractivity contribution in [2.45, 2.75) is 258 Å². The monoisotopic (exact) mass is 957 g/mol. The number of carbonyl (C=O) groups is 3. The zero-order chi connectivity index (χ0) is 50.0. The van der Waals surface area contributed by atoms with Gasteiger partial charge in [-0.05, 0) is 89.9 Å². The largest absolute Gasteiger partial charge is 0.462 e. The third-order valence-electron chi connectivity index (χ3n) is 11.9. The molecule has 1 unspecified atom stereocenters. The molecule has 0 amide bonds. The average Bonchev–Trinajstić information content (AvgIpc) is 3.35. The normalized spacial score (nSPS) is 12.9. The molecule has 0 spiro atoms. The van der Waals surface area contributed by atoms with E-state index in [2.05, 4.69) is 57.2 Å². The van der Waals surface area contributed by atoms with E-state index in [-0.39, 0.29) is 31.1 Å². The molecule has 0 bridgehead atoms. The molecule has 0 aromatic heterocycles. The Kier molecular flexibility index (Phi) is 53.4. The van der Waals surface area contributed by atoms with Crippen LogP contribution in [0.1, 0.15) is 252 Å². The van der Waals surface area contributed by atoms with Crippen molar-refractivity contribution in [2.75, 3.05) is 13.2 Å². The molecule has 6 nitrogen and oxygen atoms in total. The van der Waals surface area contributed by atoms with Gasteiger partial charge in [-0.2, -0.15) is 0 Å². The van der Waals surface area contributed by atoms with Crippen LogP contribution in [0.15, 0.2) is 109 Å². The molecular formula is C63H104O6. The zero-order valence-electron chi connectivity index (χ0n) is 44.8. The predicted octanol–water partition coefficient (Wildman–Crippen LogP) is 19.1. The van der Waals surface area contributed by atoms with Crippen molar-refractivity contribution in [1.82, 2.24) is 0 Å². The van der Waals surface area contributed by atoms with Gasteiger partial charge in [0.1, 0.15) is 13.2 Å². The summed E-state index contributed by atoms with van der Waals surface area (Å²) in [6.07, 6.45) is 76.4. The highest BCUT2D eigenvalue weighted by Crippen LogP contribution is 2.14. The Bertz CT molecular complexity index is 1420. The summed E-state index contributed by atoms with van der Waals surface area (Å²) >= 11 is 0. The molecule has 0 saturated carbocycles. The van der Waals surface area contributed by atoms with Gasteiger partial charge in [0.2, 0.25) is 0 Å². The highest BCUT2D eigenvalue weighted by molar-refractivity contribution is 5.71. The van der Waals surface area contributed by atoms with Crippen molar-refractivity contribution in [3.05, 3.63) is 109 Å². The van der Waals surface area contributed by atoms with E-state index in [1.165, 1.54) is 116 Å². The van der Waals surface area contributed by atoms with Crippen LogP contribution in [-0.2, 0) is 28.6 Å². The van der Waals surface area contributed by atoms with Crippen LogP contribution in [-0.4, -0.2) is 37.2 Å². The van der Waals surface area contributed by atoms with Crippen molar-refractivity contribution < 1.29 is 28.6 Å². The molecule has 0 aliphatic rings. The lowest BCUT2D eigenvalue weighted by atomic mass is 10.1. The maximum atomic E-state index is 12.9. The first-order chi connectivity index (χ1) is 34.0. The molecule has 0 aliphatic heterocycles. The Morgan fingerprint density at radius 1 is 0.304 bits per heavy atom. The summed E-state index contributed by atoms with van der Waals surface area (Å²) in [6, 6.07) is 0. The first kappa shape index (κ1) is 65.1. The Balaban J connectivity index is 4.52. The van der Waals surface area contributed by atoms with E-state index in [0.717, 1.165) is 96.3 Å². The van der Waals surface area contributed by atoms with Gasteiger partial charge in [0, 0.05) is 19.3 Å². The van der Waals surface area contributed by atoms with Crippen LogP contribution in [0.25, 0.3) is 0 Å². The van der Waals surface area contributed by atoms with Gasteiger partial charge < -0.3 is 14.2 Å². The number of esters is 3. The van der Waals surface area contributed by atoms with Crippen LogP contribution in [0, 0.1) is 0 Å². The Morgan fingerprint density at radius 3 is 0.942 bits per heavy atom. The number of hydrogen-bond donors (Lipinski definition) is 0. The third kappa shape index (κ3) is 54.9. The van der Waals surface area contributed by atoms with Crippen LogP contribution in [0.5, 0.6) is 0 Å². The number of unbranched alkanes of at least 4 members (excludes halogenated alkanes) is 27. The van der Waals surface area contributed by atoms with Crippen LogP contribution in [0.3, 0.4) is 0 Å². The minimum atomic E-state index is -0.810. The van der Waals surface area contributed by atoms with Crippen molar-refractivity contribution in [3.63, 3.8) is 0 Å². The molecule has 392 valence electrons. The lowest BCUT2D eigenvalue weighted by molar-refractivity contribution is -0.167. The predicted molar refractivity (Wildman–Crippen MR) is 297 cm³/mol. The second-order valence-electron chi connectivity index (χ2n) is 18.6. The lowest BCUT2D eigenvalue weighted by Gasteiger charge is -2.18. The summed E-state index contributed by atoms with van der Waals surface area (Å²) in [4.78, 5) is 38.1. The van der Waals surface area contributed by atoms with Crippen LogP contribution in [0.2, 0.25) is 0 Å². The van der Waals surface area contributed by atoms with E-state index >= 15 is 0 Å². The molecule has 0 aromatic rings. The number of rotatable bonds is 50. The Labute approximate surface area is 425 Å². The van der Waals surface area contributed by atoms with Crippen LogP contribution >= 0.6 is 0 Å². The van der Waals surface area contributed by atoms with Crippen molar-refractivity contribution >= 4 is 17.9 Å². The van der Waals surface area contributed by atoms with Gasteiger partial charge in [-0.1, -0.05) is 252 Å². The first-order valence-corrected chi connectivity index (χ1v) is 28.5. The van der Waals surface area contributed by atoms with Crippen LogP contribution < -0.4 is 0 Å². The number of carbonyl (C=O) groups excluding carboxylic acids is 3. The second-order valence-corrected chi connectivity index (χ2v) is 18.6. The quantitative estimate of drug-likeness (QED) is 0.0199. The minimum absolute atomic E-state index is 0.105. The summed E-state index contributed by atoms with van der Waals surface area (Å²) in [5, 5.41) is 0. The summed E-state index contributed by atoms with van der Waals surface area (Å²) in [7, 11) is 0. The van der Waals surface area contributed by atoms with E-state index in [1.807, 2.05) is 72.9 Å². The molecule has 6 heteroatoms. The summed E-state index contributed by atoms with van der Waals surface area (Å²) in [6.45, 7) is 6.43. The van der Waals surface area contributed by atoms with Gasteiger partial charge in [-0.15, -0.1) is 0 Å². The maximum Gasteiger partial charge on any atom is 0.306 e. The maximum absolute atomic E-state index is 12.9. The van der Waals surface area contributed by atoms with Crippen molar-refractivity contribution in [1.29, 1.82) is 0 Å². The zero-order valence-corrected chi connectivity index (χ0v) is 44.8. The Morgan fingerprint density at radius 2 is 0.580 bits per heavy atom. The fourth-order valence-electron chi connectivity index (χ4n) is 7.65. The van der Waals surface area contributed by atoms with Gasteiger partial charge in [0.05, 0.1) is 0 Å². The van der Waals surface area contributed by atoms with E-state index in [9.17, 15) is 14.4 Å². The smallest absolute Gasteiger partial charge is 0.306 e. The molecule has 0 rings (SSSR count). The standard InChI is InChI=1S/C63H104O6/c1-4-7-10-13-16-19-22-25-28-30-32-34-35-38-41-44-47-50-53-56-62(65)68-59-60(58-67-61(64)55-52-49-46-43-40-37-27-24-21-18-15-12-9-6-3)69-63(66)57-54-51-48-45-42-39-36-33-31-29-26-23-20-17-14-11-8-5-2/h7,10,13,16,19,22,25,28,30,32-38,40-41,60H,4-6,8-9,11-12,14-15,17-18,20-21,23-24,26-27,29,31,39,42-59H2,1-3H3/b10-7-,16-13-,22-19-,28-25-,32-30+,35-34-,36-33-,40-37-,41-38-. The number of ether oxygens (including phenoxy) is 3. The Hall–Kier alpha value is -3.93. The molecule has 0 radical (unpaired) electrons. The van der Waals surface area contributed by atoms with E-state index < -0.39 is 6.10 Å². The van der Waals surface area contributed by atoms with Gasteiger partial charge in [0.15, 0.2) is 6.10 Å². The van der Waals surface area contributed by atoms with Crippen molar-refractivity contribution in [3.8, 4) is 0 Å². The highest BCUT2D eigenvalue weighted by Gasteiger charge is 2.19. The molecule has 0 N–H and O–H groups in total. The summed E-state index contributed by atoms with van der Waals surface area (Å²) in [5.41, 5.74) is 0. The highest BCUT2D eigenvalue weighted by atomic mass is 16.6. The molecule has 0 aliphatic carbocycles. The lowest BCUT2D eigenvalue weighted by Crippen LogP contribution is -2.30. The topological polar surface area (TPSA) is 78.9 Å².